The lowest BCUT2D eigenvalue weighted by molar-refractivity contribution is -0.127. The Hall–Kier alpha value is -4.97. The molecule has 43 heavy (non-hydrogen) atoms. The van der Waals surface area contributed by atoms with E-state index in [9.17, 15) is 14.4 Å². The van der Waals surface area contributed by atoms with Gasteiger partial charge in [0.2, 0.25) is 11.8 Å². The van der Waals surface area contributed by atoms with Crippen LogP contribution < -0.4 is 19.7 Å². The first-order valence-corrected chi connectivity index (χ1v) is 13.8. The zero-order valence-electron chi connectivity index (χ0n) is 24.2. The number of anilines is 1. The Balaban J connectivity index is 1.61. The smallest absolute Gasteiger partial charge is 0.337 e. The van der Waals surface area contributed by atoms with Crippen molar-refractivity contribution in [2.24, 2.45) is 0 Å². The molecule has 0 radical (unpaired) electrons. The summed E-state index contributed by atoms with van der Waals surface area (Å²) in [6.07, 6.45) is 1.61. The molecule has 2 atom stereocenters. The predicted molar refractivity (Wildman–Crippen MR) is 157 cm³/mol. The van der Waals surface area contributed by atoms with Crippen LogP contribution in [0.25, 0.3) is 11.0 Å². The van der Waals surface area contributed by atoms with Crippen LogP contribution in [0.4, 0.5) is 5.69 Å². The summed E-state index contributed by atoms with van der Waals surface area (Å²) in [6.45, 7) is 0.691. The summed E-state index contributed by atoms with van der Waals surface area (Å²) < 4.78 is 23.3. The van der Waals surface area contributed by atoms with Crippen LogP contribution in [0.3, 0.4) is 0 Å². The van der Waals surface area contributed by atoms with Gasteiger partial charge < -0.3 is 24.3 Å². The predicted octanol–water partition coefficient (Wildman–Crippen LogP) is 3.30. The minimum absolute atomic E-state index is 0.123. The van der Waals surface area contributed by atoms with E-state index in [0.29, 0.717) is 46.0 Å². The van der Waals surface area contributed by atoms with Crippen LogP contribution in [0.1, 0.15) is 34.8 Å². The highest BCUT2D eigenvalue weighted by atomic mass is 16.5. The lowest BCUT2D eigenvalue weighted by atomic mass is 10.0. The Morgan fingerprint density at radius 3 is 2.51 bits per heavy atom. The van der Waals surface area contributed by atoms with Crippen LogP contribution in [0, 0.1) is 0 Å². The molecule has 0 saturated carbocycles. The number of carbonyl (C=O) groups excluding carboxylic acids is 3. The van der Waals surface area contributed by atoms with Crippen molar-refractivity contribution in [1.29, 1.82) is 0 Å². The average molecular weight is 588 g/mol. The van der Waals surface area contributed by atoms with Crippen molar-refractivity contribution >= 4 is 34.5 Å². The number of fused-ring (bicyclic) bond motifs is 1. The highest BCUT2D eigenvalue weighted by Gasteiger charge is 2.36. The zero-order chi connectivity index (χ0) is 30.3. The number of methoxy groups -OCH3 is 3. The largest absolute Gasteiger partial charge is 0.493 e. The Kier molecular flexibility index (Phi) is 9.16. The molecular formula is C31H33N5O7. The van der Waals surface area contributed by atoms with Crippen LogP contribution in [-0.4, -0.2) is 73.4 Å². The Bertz CT molecular complexity index is 1600. The maximum atomic E-state index is 14.3. The number of carbonyl (C=O) groups is 3. The van der Waals surface area contributed by atoms with Crippen LogP contribution >= 0.6 is 0 Å². The molecule has 12 heteroatoms. The third-order valence-corrected chi connectivity index (χ3v) is 7.30. The molecule has 1 aliphatic rings. The van der Waals surface area contributed by atoms with E-state index in [4.69, 9.17) is 18.9 Å². The molecule has 224 valence electrons. The fraction of sp³-hybridized carbons (Fsp3) is 0.323. The van der Waals surface area contributed by atoms with Gasteiger partial charge in [0.25, 0.3) is 0 Å². The lowest BCUT2D eigenvalue weighted by Crippen LogP contribution is -2.46. The Morgan fingerprint density at radius 2 is 1.81 bits per heavy atom. The molecule has 0 bridgehead atoms. The molecule has 1 N–H and O–H groups in total. The number of para-hydroxylation sites is 2. The third kappa shape index (κ3) is 6.28. The van der Waals surface area contributed by atoms with Gasteiger partial charge in [0.1, 0.15) is 18.1 Å². The molecule has 1 fully saturated rings. The number of hydrogen-bond acceptors (Lipinski definition) is 9. The van der Waals surface area contributed by atoms with Gasteiger partial charge in [0, 0.05) is 24.4 Å². The second-order valence-corrected chi connectivity index (χ2v) is 9.90. The number of aromatic nitrogens is 3. The number of nitrogens with zero attached hydrogens (tertiary/aromatic N) is 4. The Labute approximate surface area is 248 Å². The summed E-state index contributed by atoms with van der Waals surface area (Å²) in [4.78, 5) is 42.0. The lowest BCUT2D eigenvalue weighted by Gasteiger charge is -2.33. The second-order valence-electron chi connectivity index (χ2n) is 9.90. The van der Waals surface area contributed by atoms with Gasteiger partial charge in [0.05, 0.1) is 38.5 Å². The molecule has 3 aromatic carbocycles. The van der Waals surface area contributed by atoms with Crippen molar-refractivity contribution in [3.63, 3.8) is 0 Å². The highest BCUT2D eigenvalue weighted by molar-refractivity contribution is 6.02. The summed E-state index contributed by atoms with van der Waals surface area (Å²) in [7, 11) is 4.26. The molecule has 4 aromatic rings. The van der Waals surface area contributed by atoms with Gasteiger partial charge in [-0.1, -0.05) is 29.5 Å². The van der Waals surface area contributed by atoms with Crippen LogP contribution in [0.15, 0.2) is 66.7 Å². The van der Waals surface area contributed by atoms with Gasteiger partial charge in [-0.3, -0.25) is 14.5 Å². The molecule has 0 spiro atoms. The van der Waals surface area contributed by atoms with Crippen molar-refractivity contribution < 1.29 is 33.3 Å². The van der Waals surface area contributed by atoms with E-state index in [1.807, 2.05) is 18.2 Å². The first-order chi connectivity index (χ1) is 20.9. The minimum atomic E-state index is -1.20. The van der Waals surface area contributed by atoms with E-state index in [1.165, 1.54) is 43.0 Å². The van der Waals surface area contributed by atoms with Gasteiger partial charge in [-0.2, -0.15) is 0 Å². The number of rotatable bonds is 11. The van der Waals surface area contributed by atoms with Crippen LogP contribution in [0.2, 0.25) is 0 Å². The molecule has 1 saturated heterocycles. The molecule has 2 heterocycles. The summed E-state index contributed by atoms with van der Waals surface area (Å²) in [5, 5.41) is 11.3. The standard InChI is InChI=1S/C31H33N5O7/c1-40-26-12-6-9-23(29(26)41-2)28(30(38)32-18-22-8-7-17-43-22)36(21-15-13-20(14-16-21)31(39)42-3)27(37)19-35-25-11-5-4-10-24(25)33-34-35/h4-6,9-16,22,28H,7-8,17-19H2,1-3H3,(H,32,38)/t22-,28+/m0/s1. The summed E-state index contributed by atoms with van der Waals surface area (Å²) in [6, 6.07) is 17.5. The number of amides is 2. The first-order valence-electron chi connectivity index (χ1n) is 13.8. The third-order valence-electron chi connectivity index (χ3n) is 7.30. The first kappa shape index (κ1) is 29.5. The van der Waals surface area contributed by atoms with E-state index in [-0.39, 0.29) is 19.2 Å². The fourth-order valence-corrected chi connectivity index (χ4v) is 5.19. The second kappa shape index (κ2) is 13.3. The van der Waals surface area contributed by atoms with Crippen molar-refractivity contribution in [2.75, 3.05) is 39.4 Å². The summed E-state index contributed by atoms with van der Waals surface area (Å²) in [5.41, 5.74) is 2.35. The summed E-state index contributed by atoms with van der Waals surface area (Å²) in [5.74, 6) is -0.733. The van der Waals surface area contributed by atoms with Crippen LogP contribution in [-0.2, 0) is 25.6 Å². The summed E-state index contributed by atoms with van der Waals surface area (Å²) >= 11 is 0. The van der Waals surface area contributed by atoms with Gasteiger partial charge in [-0.15, -0.1) is 5.10 Å². The number of benzene rings is 3. The molecule has 5 rings (SSSR count). The molecular weight excluding hydrogens is 554 g/mol. The van der Waals surface area contributed by atoms with Gasteiger partial charge in [-0.25, -0.2) is 9.48 Å². The van der Waals surface area contributed by atoms with Crippen molar-refractivity contribution in [1.82, 2.24) is 20.3 Å². The van der Waals surface area contributed by atoms with Gasteiger partial charge >= 0.3 is 5.97 Å². The zero-order valence-corrected chi connectivity index (χ0v) is 24.2. The van der Waals surface area contributed by atoms with Crippen molar-refractivity contribution in [2.45, 2.75) is 31.5 Å². The molecule has 1 aromatic heterocycles. The van der Waals surface area contributed by atoms with Crippen molar-refractivity contribution in [3.05, 3.63) is 77.9 Å². The normalized spacial score (nSPS) is 15.1. The molecule has 1 aliphatic heterocycles. The molecule has 12 nitrogen and oxygen atoms in total. The topological polar surface area (TPSA) is 134 Å². The number of esters is 1. The molecule has 0 aliphatic carbocycles. The van der Waals surface area contributed by atoms with E-state index in [1.54, 1.807) is 36.4 Å². The Morgan fingerprint density at radius 1 is 1.02 bits per heavy atom. The quantitative estimate of drug-likeness (QED) is 0.262. The average Bonchev–Trinajstić information content (AvgIpc) is 3.72. The van der Waals surface area contributed by atoms with E-state index in [2.05, 4.69) is 15.6 Å². The van der Waals surface area contributed by atoms with Crippen molar-refractivity contribution in [3.8, 4) is 11.5 Å². The molecule has 0 unspecified atom stereocenters. The maximum Gasteiger partial charge on any atom is 0.337 e. The van der Waals surface area contributed by atoms with E-state index in [0.717, 1.165) is 12.8 Å². The number of nitrogens with one attached hydrogen (secondary N) is 1. The monoisotopic (exact) mass is 587 g/mol. The highest BCUT2D eigenvalue weighted by Crippen LogP contribution is 2.39. The number of ether oxygens (including phenoxy) is 4. The fourth-order valence-electron chi connectivity index (χ4n) is 5.19. The van der Waals surface area contributed by atoms with Gasteiger partial charge in [0.15, 0.2) is 11.5 Å². The van der Waals surface area contributed by atoms with Crippen LogP contribution in [0.5, 0.6) is 11.5 Å². The minimum Gasteiger partial charge on any atom is -0.493 e. The van der Waals surface area contributed by atoms with E-state index < -0.39 is 23.8 Å². The SMILES string of the molecule is COC(=O)c1ccc(N(C(=O)Cn2nnc3ccccc32)[C@@H](C(=O)NC[C@@H]2CCCO2)c2cccc(OC)c2OC)cc1. The van der Waals surface area contributed by atoms with E-state index >= 15 is 0 Å². The number of hydrogen-bond donors (Lipinski definition) is 1. The van der Waals surface area contributed by atoms with Gasteiger partial charge in [-0.05, 0) is 55.3 Å². The molecule has 2 amide bonds. The maximum absolute atomic E-state index is 14.3.